The highest BCUT2D eigenvalue weighted by Crippen LogP contribution is 2.25. The molecule has 2 N–H and O–H groups in total. The molecule has 6 heteroatoms. The van der Waals surface area contributed by atoms with Gasteiger partial charge < -0.3 is 5.73 Å². The number of fused-ring (bicyclic) bond motifs is 1. The number of rotatable bonds is 4. The van der Waals surface area contributed by atoms with Crippen molar-refractivity contribution in [1.29, 1.82) is 5.26 Å². The van der Waals surface area contributed by atoms with Crippen molar-refractivity contribution in [2.24, 2.45) is 0 Å². The van der Waals surface area contributed by atoms with Gasteiger partial charge in [-0.3, -0.25) is 9.36 Å². The normalized spacial score (nSPS) is 11.9. The van der Waals surface area contributed by atoms with Crippen LogP contribution in [0.15, 0.2) is 71.7 Å². The Morgan fingerprint density at radius 2 is 1.86 bits per heavy atom. The fourth-order valence-electron chi connectivity index (χ4n) is 3.56. The van der Waals surface area contributed by atoms with E-state index in [1.165, 1.54) is 6.20 Å². The van der Waals surface area contributed by atoms with Gasteiger partial charge in [-0.15, -0.1) is 0 Å². The van der Waals surface area contributed by atoms with Gasteiger partial charge in [0.05, 0.1) is 17.5 Å². The Morgan fingerprint density at radius 1 is 1.14 bits per heavy atom. The number of hydrogen-bond donors (Lipinski definition) is 1. The molecule has 0 bridgehead atoms. The summed E-state index contributed by atoms with van der Waals surface area (Å²) in [6.45, 7) is 2.02. The lowest BCUT2D eigenvalue weighted by molar-refractivity contribution is 0.683. The van der Waals surface area contributed by atoms with E-state index in [2.05, 4.69) is 16.0 Å². The van der Waals surface area contributed by atoms with Gasteiger partial charge in [0, 0.05) is 22.7 Å². The van der Waals surface area contributed by atoms with Crippen LogP contribution in [-0.2, 0) is 6.42 Å². The predicted octanol–water partition coefficient (Wildman–Crippen LogP) is 3.58. The molecule has 1 atom stereocenters. The van der Waals surface area contributed by atoms with E-state index >= 15 is 0 Å². The van der Waals surface area contributed by atoms with Crippen LogP contribution in [0.1, 0.15) is 29.8 Å². The van der Waals surface area contributed by atoms with E-state index in [1.54, 1.807) is 4.57 Å². The number of nitriles is 1. The number of nitrogens with two attached hydrogens (primary N) is 1. The minimum Gasteiger partial charge on any atom is -0.368 e. The van der Waals surface area contributed by atoms with E-state index in [4.69, 9.17) is 5.73 Å². The Kier molecular flexibility index (Phi) is 4.80. The average Bonchev–Trinajstić information content (AvgIpc) is 2.74. The molecule has 0 radical (unpaired) electrons. The first-order valence-electron chi connectivity index (χ1n) is 9.30. The number of aromatic nitrogens is 3. The lowest BCUT2D eigenvalue weighted by Gasteiger charge is -2.20. The predicted molar refractivity (Wildman–Crippen MR) is 113 cm³/mol. The first-order chi connectivity index (χ1) is 14.1. The van der Waals surface area contributed by atoms with Crippen molar-refractivity contribution >= 4 is 16.7 Å². The third kappa shape index (κ3) is 3.46. The van der Waals surface area contributed by atoms with Crippen molar-refractivity contribution in [2.75, 3.05) is 5.73 Å². The number of benzene rings is 2. The Bertz CT molecular complexity index is 1290. The molecule has 0 amide bonds. The van der Waals surface area contributed by atoms with Crippen LogP contribution in [0.3, 0.4) is 0 Å². The second kappa shape index (κ2) is 7.56. The standard InChI is InChI=1S/C23H19N5O/c1-15(11-20-17(13-24)14-26-23(25)27-20)21-12-16-7-5-6-10-19(16)22(29)28(21)18-8-3-2-4-9-18/h2-10,12,14-15H,11H2,1H3,(H2,25,26,27)/t15-/m1/s1. The molecule has 0 spiro atoms. The van der Waals surface area contributed by atoms with Gasteiger partial charge in [-0.25, -0.2) is 9.97 Å². The van der Waals surface area contributed by atoms with Crippen molar-refractivity contribution in [3.05, 3.63) is 94.2 Å². The van der Waals surface area contributed by atoms with Crippen LogP contribution in [-0.4, -0.2) is 14.5 Å². The van der Waals surface area contributed by atoms with Crippen LogP contribution >= 0.6 is 0 Å². The fraction of sp³-hybridized carbons (Fsp3) is 0.130. The van der Waals surface area contributed by atoms with Gasteiger partial charge in [0.25, 0.3) is 5.56 Å². The summed E-state index contributed by atoms with van der Waals surface area (Å²) < 4.78 is 1.74. The number of hydrogen-bond acceptors (Lipinski definition) is 5. The number of nitrogens with zero attached hydrogens (tertiary/aromatic N) is 4. The molecule has 2 heterocycles. The first-order valence-corrected chi connectivity index (χ1v) is 9.30. The summed E-state index contributed by atoms with van der Waals surface area (Å²) in [6, 6.07) is 21.3. The third-order valence-electron chi connectivity index (χ3n) is 4.98. The molecular weight excluding hydrogens is 362 g/mol. The average molecular weight is 381 g/mol. The minimum absolute atomic E-state index is 0.0705. The second-order valence-corrected chi connectivity index (χ2v) is 6.94. The molecule has 0 aliphatic carbocycles. The van der Waals surface area contributed by atoms with Crippen LogP contribution in [0.5, 0.6) is 0 Å². The zero-order chi connectivity index (χ0) is 20.4. The zero-order valence-electron chi connectivity index (χ0n) is 15.9. The topological polar surface area (TPSA) is 97.6 Å². The molecule has 4 rings (SSSR count). The molecule has 2 aromatic heterocycles. The fourth-order valence-corrected chi connectivity index (χ4v) is 3.56. The van der Waals surface area contributed by atoms with E-state index in [-0.39, 0.29) is 17.4 Å². The van der Waals surface area contributed by atoms with Gasteiger partial charge in [-0.2, -0.15) is 5.26 Å². The maximum atomic E-state index is 13.3. The molecule has 142 valence electrons. The molecule has 29 heavy (non-hydrogen) atoms. The van der Waals surface area contributed by atoms with Crippen LogP contribution in [0.2, 0.25) is 0 Å². The molecule has 0 unspecified atom stereocenters. The molecule has 0 aliphatic rings. The number of para-hydroxylation sites is 1. The van der Waals surface area contributed by atoms with Crippen molar-refractivity contribution in [1.82, 2.24) is 14.5 Å². The summed E-state index contributed by atoms with van der Waals surface area (Å²) in [4.78, 5) is 21.5. The van der Waals surface area contributed by atoms with Gasteiger partial charge in [0.2, 0.25) is 5.95 Å². The molecule has 2 aromatic carbocycles. The van der Waals surface area contributed by atoms with E-state index < -0.39 is 0 Å². The highest BCUT2D eigenvalue weighted by molar-refractivity contribution is 5.82. The van der Waals surface area contributed by atoms with Crippen molar-refractivity contribution in [2.45, 2.75) is 19.3 Å². The van der Waals surface area contributed by atoms with E-state index in [9.17, 15) is 10.1 Å². The summed E-state index contributed by atoms with van der Waals surface area (Å²) in [5.41, 5.74) is 8.27. The molecule has 0 saturated carbocycles. The summed E-state index contributed by atoms with van der Waals surface area (Å²) in [7, 11) is 0. The van der Waals surface area contributed by atoms with Crippen LogP contribution in [0.25, 0.3) is 16.5 Å². The number of pyridine rings is 1. The SMILES string of the molecule is C[C@H](Cc1nc(N)ncc1C#N)c1cc2ccccc2c(=O)n1-c1ccccc1. The van der Waals surface area contributed by atoms with Gasteiger partial charge in [0.15, 0.2) is 0 Å². The Hall–Kier alpha value is -3.98. The molecule has 6 nitrogen and oxygen atoms in total. The van der Waals surface area contributed by atoms with Crippen molar-refractivity contribution in [3.8, 4) is 11.8 Å². The quantitative estimate of drug-likeness (QED) is 0.583. The third-order valence-corrected chi connectivity index (χ3v) is 4.98. The lowest BCUT2D eigenvalue weighted by Crippen LogP contribution is -2.24. The number of anilines is 1. The maximum absolute atomic E-state index is 13.3. The van der Waals surface area contributed by atoms with Crippen LogP contribution in [0.4, 0.5) is 5.95 Å². The minimum atomic E-state index is -0.0890. The largest absolute Gasteiger partial charge is 0.368 e. The maximum Gasteiger partial charge on any atom is 0.263 e. The van der Waals surface area contributed by atoms with Gasteiger partial charge >= 0.3 is 0 Å². The van der Waals surface area contributed by atoms with E-state index in [0.717, 1.165) is 16.8 Å². The van der Waals surface area contributed by atoms with E-state index in [0.29, 0.717) is 23.1 Å². The van der Waals surface area contributed by atoms with Crippen molar-refractivity contribution in [3.63, 3.8) is 0 Å². The molecular formula is C23H19N5O. The first kappa shape index (κ1) is 18.4. The summed E-state index contributed by atoms with van der Waals surface area (Å²) in [5.74, 6) is 0.0408. The number of nitrogen functional groups attached to an aromatic ring is 1. The van der Waals surface area contributed by atoms with Crippen LogP contribution < -0.4 is 11.3 Å². The summed E-state index contributed by atoms with van der Waals surface area (Å²) in [5, 5.41) is 10.9. The highest BCUT2D eigenvalue weighted by atomic mass is 16.1. The molecule has 0 saturated heterocycles. The Balaban J connectivity index is 1.90. The summed E-state index contributed by atoms with van der Waals surface area (Å²) >= 11 is 0. The van der Waals surface area contributed by atoms with Crippen molar-refractivity contribution < 1.29 is 0 Å². The molecule has 0 aliphatic heterocycles. The smallest absolute Gasteiger partial charge is 0.263 e. The van der Waals surface area contributed by atoms with Gasteiger partial charge in [-0.1, -0.05) is 43.3 Å². The van der Waals surface area contributed by atoms with Gasteiger partial charge in [-0.05, 0) is 36.1 Å². The van der Waals surface area contributed by atoms with E-state index in [1.807, 2.05) is 67.6 Å². The van der Waals surface area contributed by atoms with Gasteiger partial charge in [0.1, 0.15) is 6.07 Å². The molecule has 0 fully saturated rings. The zero-order valence-corrected chi connectivity index (χ0v) is 15.9. The Morgan fingerprint density at radius 3 is 2.62 bits per heavy atom. The molecule has 4 aromatic rings. The lowest BCUT2D eigenvalue weighted by atomic mass is 9.96. The monoisotopic (exact) mass is 381 g/mol. The Labute approximate surface area is 167 Å². The second-order valence-electron chi connectivity index (χ2n) is 6.94. The van der Waals surface area contributed by atoms with Crippen LogP contribution in [0, 0.1) is 11.3 Å². The highest BCUT2D eigenvalue weighted by Gasteiger charge is 2.19. The summed E-state index contributed by atoms with van der Waals surface area (Å²) in [6.07, 6.45) is 1.90.